The van der Waals surface area contributed by atoms with Crippen molar-refractivity contribution in [3.05, 3.63) is 52.3 Å². The number of halogens is 1. The molecule has 1 saturated heterocycles. The van der Waals surface area contributed by atoms with Gasteiger partial charge in [-0.15, -0.1) is 0 Å². The molecule has 6 nitrogen and oxygen atoms in total. The second-order valence-electron chi connectivity index (χ2n) is 6.40. The second-order valence-corrected chi connectivity index (χ2v) is 7.78. The van der Waals surface area contributed by atoms with Gasteiger partial charge in [-0.2, -0.15) is 0 Å². The third-order valence-electron chi connectivity index (χ3n) is 4.30. The van der Waals surface area contributed by atoms with Gasteiger partial charge in [-0.05, 0) is 44.2 Å². The number of piperazine rings is 1. The summed E-state index contributed by atoms with van der Waals surface area (Å²) in [6, 6.07) is 8.77. The number of amides is 2. The monoisotopic (exact) mass is 404 g/mol. The Morgan fingerprint density at radius 3 is 2.15 bits per heavy atom. The molecule has 0 saturated carbocycles. The third-order valence-corrected chi connectivity index (χ3v) is 5.38. The SMILES string of the molecule is Cc1cc(C)nc(SCC(=O)N2CCN(C(=O)c3ccc(Cl)cc3)CC2)n1. The Hall–Kier alpha value is -2.12. The summed E-state index contributed by atoms with van der Waals surface area (Å²) >= 11 is 7.22. The molecule has 1 aromatic heterocycles. The lowest BCUT2D eigenvalue weighted by atomic mass is 10.2. The van der Waals surface area contributed by atoms with E-state index in [1.54, 1.807) is 34.1 Å². The van der Waals surface area contributed by atoms with Gasteiger partial charge in [0.05, 0.1) is 5.75 Å². The Bertz CT molecular complexity index is 816. The molecule has 0 N–H and O–H groups in total. The maximum atomic E-state index is 12.5. The van der Waals surface area contributed by atoms with E-state index in [2.05, 4.69) is 9.97 Å². The highest BCUT2D eigenvalue weighted by Crippen LogP contribution is 2.17. The summed E-state index contributed by atoms with van der Waals surface area (Å²) in [5.74, 6) is 0.312. The second kappa shape index (κ2) is 8.71. The van der Waals surface area contributed by atoms with Crippen molar-refractivity contribution in [1.29, 1.82) is 0 Å². The minimum atomic E-state index is -0.0308. The first-order valence-corrected chi connectivity index (χ1v) is 10.1. The molecule has 3 rings (SSSR count). The number of nitrogens with zero attached hydrogens (tertiary/aromatic N) is 4. The van der Waals surface area contributed by atoms with E-state index >= 15 is 0 Å². The van der Waals surface area contributed by atoms with E-state index in [0.717, 1.165) is 11.4 Å². The zero-order chi connectivity index (χ0) is 19.4. The van der Waals surface area contributed by atoms with E-state index < -0.39 is 0 Å². The summed E-state index contributed by atoms with van der Waals surface area (Å²) in [6.07, 6.45) is 0. The molecule has 8 heteroatoms. The molecule has 2 heterocycles. The number of aromatic nitrogens is 2. The number of carbonyl (C=O) groups excluding carboxylic acids is 2. The number of benzene rings is 1. The van der Waals surface area contributed by atoms with Crippen molar-refractivity contribution in [2.45, 2.75) is 19.0 Å². The Kier molecular flexibility index (Phi) is 6.34. The lowest BCUT2D eigenvalue weighted by Crippen LogP contribution is -2.51. The van der Waals surface area contributed by atoms with Crippen molar-refractivity contribution in [3.63, 3.8) is 0 Å². The maximum absolute atomic E-state index is 12.5. The summed E-state index contributed by atoms with van der Waals surface area (Å²) in [4.78, 5) is 37.2. The van der Waals surface area contributed by atoms with Crippen LogP contribution in [-0.2, 0) is 4.79 Å². The molecule has 1 aliphatic heterocycles. The van der Waals surface area contributed by atoms with Crippen molar-refractivity contribution in [2.75, 3.05) is 31.9 Å². The highest BCUT2D eigenvalue weighted by atomic mass is 35.5. The maximum Gasteiger partial charge on any atom is 0.253 e. The molecule has 0 atom stereocenters. The van der Waals surface area contributed by atoms with Crippen molar-refractivity contribution in [3.8, 4) is 0 Å². The van der Waals surface area contributed by atoms with Crippen molar-refractivity contribution in [2.24, 2.45) is 0 Å². The number of thioether (sulfide) groups is 1. The molecule has 0 spiro atoms. The number of hydrogen-bond acceptors (Lipinski definition) is 5. The van der Waals surface area contributed by atoms with Crippen LogP contribution in [-0.4, -0.2) is 63.5 Å². The standard InChI is InChI=1S/C19H21ClN4O2S/c1-13-11-14(2)22-19(21-13)27-12-17(25)23-7-9-24(10-8-23)18(26)15-3-5-16(20)6-4-15/h3-6,11H,7-10,12H2,1-2H3. The molecule has 0 radical (unpaired) electrons. The summed E-state index contributed by atoms with van der Waals surface area (Å²) < 4.78 is 0. The largest absolute Gasteiger partial charge is 0.338 e. The third kappa shape index (κ3) is 5.20. The highest BCUT2D eigenvalue weighted by molar-refractivity contribution is 7.99. The highest BCUT2D eigenvalue weighted by Gasteiger charge is 2.25. The first-order chi connectivity index (χ1) is 12.9. The predicted molar refractivity (Wildman–Crippen MR) is 106 cm³/mol. The molecule has 2 aromatic rings. The van der Waals surface area contributed by atoms with Gasteiger partial charge in [0.15, 0.2) is 5.16 Å². The number of rotatable bonds is 4. The summed E-state index contributed by atoms with van der Waals surface area (Å²) in [5, 5.41) is 1.23. The summed E-state index contributed by atoms with van der Waals surface area (Å²) in [5.41, 5.74) is 2.40. The van der Waals surface area contributed by atoms with E-state index in [1.807, 2.05) is 19.9 Å². The zero-order valence-electron chi connectivity index (χ0n) is 15.3. The number of aryl methyl sites for hydroxylation is 2. The molecule has 1 fully saturated rings. The molecule has 1 aliphatic rings. The fraction of sp³-hybridized carbons (Fsp3) is 0.368. The minimum Gasteiger partial charge on any atom is -0.338 e. The van der Waals surface area contributed by atoms with Crippen LogP contribution in [0, 0.1) is 13.8 Å². The van der Waals surface area contributed by atoms with Gasteiger partial charge in [-0.1, -0.05) is 23.4 Å². The number of carbonyl (C=O) groups is 2. The normalized spacial score (nSPS) is 14.3. The van der Waals surface area contributed by atoms with Gasteiger partial charge in [-0.3, -0.25) is 9.59 Å². The van der Waals surface area contributed by atoms with E-state index in [9.17, 15) is 9.59 Å². The Morgan fingerprint density at radius 2 is 1.56 bits per heavy atom. The van der Waals surface area contributed by atoms with Gasteiger partial charge in [0.1, 0.15) is 0 Å². The fourth-order valence-electron chi connectivity index (χ4n) is 2.91. The fourth-order valence-corrected chi connectivity index (χ4v) is 3.89. The van der Waals surface area contributed by atoms with Gasteiger partial charge >= 0.3 is 0 Å². The lowest BCUT2D eigenvalue weighted by molar-refractivity contribution is -0.129. The Labute approximate surface area is 167 Å². The van der Waals surface area contributed by atoms with Crippen LogP contribution >= 0.6 is 23.4 Å². The zero-order valence-corrected chi connectivity index (χ0v) is 16.9. The summed E-state index contributed by atoms with van der Waals surface area (Å²) in [7, 11) is 0. The molecule has 0 aliphatic carbocycles. The lowest BCUT2D eigenvalue weighted by Gasteiger charge is -2.34. The van der Waals surface area contributed by atoms with Gasteiger partial charge in [-0.25, -0.2) is 9.97 Å². The average Bonchev–Trinajstić information content (AvgIpc) is 2.65. The van der Waals surface area contributed by atoms with Crippen molar-refractivity contribution < 1.29 is 9.59 Å². The van der Waals surface area contributed by atoms with Gasteiger partial charge in [0, 0.05) is 48.2 Å². The Balaban J connectivity index is 1.50. The first kappa shape index (κ1) is 19.6. The van der Waals surface area contributed by atoms with Crippen LogP contribution in [0.2, 0.25) is 5.02 Å². The molecule has 0 unspecified atom stereocenters. The van der Waals surface area contributed by atoms with Crippen molar-refractivity contribution in [1.82, 2.24) is 19.8 Å². The molecule has 142 valence electrons. The van der Waals surface area contributed by atoms with Crippen LogP contribution in [0.5, 0.6) is 0 Å². The smallest absolute Gasteiger partial charge is 0.253 e. The minimum absolute atomic E-state index is 0.0308. The Morgan fingerprint density at radius 1 is 1.00 bits per heavy atom. The van der Waals surface area contributed by atoms with E-state index in [-0.39, 0.29) is 11.8 Å². The van der Waals surface area contributed by atoms with E-state index in [0.29, 0.717) is 47.7 Å². The van der Waals surface area contributed by atoms with E-state index in [4.69, 9.17) is 11.6 Å². The summed E-state index contributed by atoms with van der Waals surface area (Å²) in [6.45, 7) is 5.95. The molecular formula is C19H21ClN4O2S. The number of hydrogen-bond donors (Lipinski definition) is 0. The van der Waals surface area contributed by atoms with Crippen LogP contribution in [0.3, 0.4) is 0 Å². The molecule has 0 bridgehead atoms. The predicted octanol–water partition coefficient (Wildman–Crippen LogP) is 2.82. The molecule has 2 amide bonds. The van der Waals surface area contributed by atoms with Crippen LogP contribution in [0.4, 0.5) is 0 Å². The van der Waals surface area contributed by atoms with Crippen LogP contribution in [0.15, 0.2) is 35.5 Å². The van der Waals surface area contributed by atoms with Crippen LogP contribution in [0.1, 0.15) is 21.7 Å². The van der Waals surface area contributed by atoms with Gasteiger partial charge in [0.25, 0.3) is 5.91 Å². The topological polar surface area (TPSA) is 66.4 Å². The average molecular weight is 405 g/mol. The quantitative estimate of drug-likeness (QED) is 0.579. The van der Waals surface area contributed by atoms with Crippen LogP contribution in [0.25, 0.3) is 0 Å². The molecule has 1 aromatic carbocycles. The van der Waals surface area contributed by atoms with Gasteiger partial charge in [0.2, 0.25) is 5.91 Å². The first-order valence-electron chi connectivity index (χ1n) is 8.70. The van der Waals surface area contributed by atoms with Crippen LogP contribution < -0.4 is 0 Å². The molecule has 27 heavy (non-hydrogen) atoms. The molecular weight excluding hydrogens is 384 g/mol. The van der Waals surface area contributed by atoms with Gasteiger partial charge < -0.3 is 9.80 Å². The van der Waals surface area contributed by atoms with E-state index in [1.165, 1.54) is 11.8 Å². The van der Waals surface area contributed by atoms with Crippen molar-refractivity contribution >= 4 is 35.2 Å².